The predicted molar refractivity (Wildman–Crippen MR) is 137 cm³/mol. The lowest BCUT2D eigenvalue weighted by Gasteiger charge is -2.20. The summed E-state index contributed by atoms with van der Waals surface area (Å²) in [5, 5.41) is 3.65. The third-order valence-electron chi connectivity index (χ3n) is 5.79. The molecule has 0 spiro atoms. The summed E-state index contributed by atoms with van der Waals surface area (Å²) in [5.41, 5.74) is 2.10. The highest BCUT2D eigenvalue weighted by molar-refractivity contribution is 6.26. The zero-order chi connectivity index (χ0) is 26.0. The van der Waals surface area contributed by atoms with Crippen LogP contribution >= 0.6 is 0 Å². The number of alkyl carbamates (subject to hydrolysis) is 1. The van der Waals surface area contributed by atoms with Crippen molar-refractivity contribution in [3.8, 4) is 11.3 Å². The van der Waals surface area contributed by atoms with E-state index in [4.69, 9.17) is 4.74 Å². The lowest BCUT2D eigenvalue weighted by Crippen LogP contribution is -2.33. The quantitative estimate of drug-likeness (QED) is 0.246. The smallest absolute Gasteiger partial charge is 0.407 e. The van der Waals surface area contributed by atoms with E-state index in [1.54, 1.807) is 61.7 Å². The van der Waals surface area contributed by atoms with Crippen LogP contribution in [0.25, 0.3) is 28.1 Å². The molecule has 8 nitrogen and oxygen atoms in total. The van der Waals surface area contributed by atoms with Gasteiger partial charge in [0.1, 0.15) is 5.60 Å². The molecule has 1 aliphatic rings. The van der Waals surface area contributed by atoms with Crippen molar-refractivity contribution in [1.82, 2.24) is 9.88 Å². The normalized spacial score (nSPS) is 12.5. The second-order valence-electron chi connectivity index (χ2n) is 9.50. The van der Waals surface area contributed by atoms with Gasteiger partial charge in [-0.15, -0.1) is 0 Å². The van der Waals surface area contributed by atoms with E-state index in [1.165, 1.54) is 13.2 Å². The minimum atomic E-state index is -0.607. The summed E-state index contributed by atoms with van der Waals surface area (Å²) in [5.74, 6) is -0.645. The number of pyridine rings is 1. The Kier molecular flexibility index (Phi) is 6.79. The maximum atomic E-state index is 13.7. The van der Waals surface area contributed by atoms with Crippen LogP contribution in [0.2, 0.25) is 0 Å². The number of rotatable bonds is 6. The number of fused-ring (bicyclic) bond motifs is 5. The molecular formula is C28H28N2O6. The molecule has 0 aliphatic heterocycles. The Morgan fingerprint density at radius 1 is 1.03 bits per heavy atom. The van der Waals surface area contributed by atoms with E-state index in [0.717, 1.165) is 0 Å². The Morgan fingerprint density at radius 3 is 2.44 bits per heavy atom. The maximum absolute atomic E-state index is 13.7. The number of aromatic nitrogens is 1. The molecule has 0 atom stereocenters. The predicted octanol–water partition coefficient (Wildman–Crippen LogP) is 4.31. The van der Waals surface area contributed by atoms with Crippen LogP contribution in [0.15, 0.2) is 53.3 Å². The average molecular weight is 489 g/mol. The molecule has 4 rings (SSSR count). The largest absolute Gasteiger partial charge is 0.466 e. The van der Waals surface area contributed by atoms with Gasteiger partial charge >= 0.3 is 12.1 Å². The number of amides is 1. The standard InChI is InChI=1S/C28H28N2O6/c1-28(2,3)36-27(34)29-14-7-15-30-24-19-8-5-6-9-20(19)25(32)23(24)18-12-10-17(11-13-22(31)35-4)16-21(18)26(30)33/h5-6,8-13,16H,7,14-15H2,1-4H3,(H,29,34)/b13-11+. The van der Waals surface area contributed by atoms with Crippen molar-refractivity contribution in [3.05, 3.63) is 75.6 Å². The molecule has 0 saturated heterocycles. The number of nitrogens with one attached hydrogen (secondary N) is 1. The highest BCUT2D eigenvalue weighted by Crippen LogP contribution is 2.39. The zero-order valence-corrected chi connectivity index (χ0v) is 20.7. The number of carbonyl (C=O) groups excluding carboxylic acids is 3. The number of nitrogens with zero attached hydrogens (tertiary/aromatic N) is 1. The summed E-state index contributed by atoms with van der Waals surface area (Å²) in [7, 11) is 1.29. The summed E-state index contributed by atoms with van der Waals surface area (Å²) in [6.07, 6.45) is 2.76. The molecule has 1 N–H and O–H groups in total. The van der Waals surface area contributed by atoms with Crippen LogP contribution in [0.1, 0.15) is 48.7 Å². The van der Waals surface area contributed by atoms with Crippen molar-refractivity contribution in [3.63, 3.8) is 0 Å². The second kappa shape index (κ2) is 9.81. The minimum Gasteiger partial charge on any atom is -0.466 e. The van der Waals surface area contributed by atoms with Gasteiger partial charge in [-0.05, 0) is 44.9 Å². The molecule has 0 radical (unpaired) electrons. The van der Waals surface area contributed by atoms with Crippen molar-refractivity contribution in [2.24, 2.45) is 0 Å². The van der Waals surface area contributed by atoms with Crippen LogP contribution < -0.4 is 10.9 Å². The van der Waals surface area contributed by atoms with Crippen LogP contribution in [-0.4, -0.2) is 41.7 Å². The van der Waals surface area contributed by atoms with Crippen molar-refractivity contribution < 1.29 is 23.9 Å². The molecular weight excluding hydrogens is 460 g/mol. The molecule has 1 amide bonds. The van der Waals surface area contributed by atoms with E-state index in [0.29, 0.717) is 51.7 Å². The first-order valence-corrected chi connectivity index (χ1v) is 11.7. The number of ether oxygens (including phenoxy) is 2. The first-order chi connectivity index (χ1) is 17.1. The first-order valence-electron chi connectivity index (χ1n) is 11.7. The van der Waals surface area contributed by atoms with E-state index in [2.05, 4.69) is 10.1 Å². The Hall–Kier alpha value is -4.20. The molecule has 2 aromatic carbocycles. The van der Waals surface area contributed by atoms with Gasteiger partial charge < -0.3 is 19.4 Å². The lowest BCUT2D eigenvalue weighted by atomic mass is 10.0. The van der Waals surface area contributed by atoms with Gasteiger partial charge in [-0.1, -0.05) is 36.4 Å². The molecule has 186 valence electrons. The summed E-state index contributed by atoms with van der Waals surface area (Å²) in [4.78, 5) is 50.6. The monoisotopic (exact) mass is 488 g/mol. The van der Waals surface area contributed by atoms with Crippen LogP contribution in [-0.2, 0) is 20.8 Å². The number of hydrogen-bond acceptors (Lipinski definition) is 6. The Morgan fingerprint density at radius 2 is 1.75 bits per heavy atom. The number of esters is 1. The van der Waals surface area contributed by atoms with Crippen LogP contribution in [0.3, 0.4) is 0 Å². The lowest BCUT2D eigenvalue weighted by molar-refractivity contribution is -0.134. The summed E-state index contributed by atoms with van der Waals surface area (Å²) >= 11 is 0. The van der Waals surface area contributed by atoms with E-state index < -0.39 is 17.7 Å². The molecule has 0 fully saturated rings. The summed E-state index contributed by atoms with van der Waals surface area (Å²) in [6, 6.07) is 12.4. The van der Waals surface area contributed by atoms with Crippen molar-refractivity contribution >= 4 is 34.7 Å². The fourth-order valence-corrected chi connectivity index (χ4v) is 4.29. The number of benzene rings is 2. The zero-order valence-electron chi connectivity index (χ0n) is 20.7. The van der Waals surface area contributed by atoms with Gasteiger partial charge in [0.25, 0.3) is 5.56 Å². The highest BCUT2D eigenvalue weighted by Gasteiger charge is 2.32. The van der Waals surface area contributed by atoms with Crippen LogP contribution in [0.4, 0.5) is 4.79 Å². The molecule has 0 unspecified atom stereocenters. The van der Waals surface area contributed by atoms with Gasteiger partial charge in [-0.25, -0.2) is 9.59 Å². The molecule has 8 heteroatoms. The fourth-order valence-electron chi connectivity index (χ4n) is 4.29. The summed E-state index contributed by atoms with van der Waals surface area (Å²) < 4.78 is 11.5. The van der Waals surface area contributed by atoms with Gasteiger partial charge in [-0.3, -0.25) is 9.59 Å². The molecule has 3 aromatic rings. The first kappa shape index (κ1) is 24.9. The van der Waals surface area contributed by atoms with E-state index in [-0.39, 0.29) is 17.9 Å². The molecule has 36 heavy (non-hydrogen) atoms. The van der Waals surface area contributed by atoms with Crippen LogP contribution in [0.5, 0.6) is 0 Å². The molecule has 0 saturated carbocycles. The van der Waals surface area contributed by atoms with Gasteiger partial charge in [0.15, 0.2) is 5.78 Å². The van der Waals surface area contributed by atoms with Crippen molar-refractivity contribution in [2.75, 3.05) is 13.7 Å². The molecule has 1 aliphatic carbocycles. The van der Waals surface area contributed by atoms with Crippen molar-refractivity contribution in [2.45, 2.75) is 39.3 Å². The second-order valence-corrected chi connectivity index (χ2v) is 9.50. The molecule has 0 bridgehead atoms. The maximum Gasteiger partial charge on any atom is 0.407 e. The third-order valence-corrected chi connectivity index (χ3v) is 5.79. The van der Waals surface area contributed by atoms with Crippen molar-refractivity contribution in [1.29, 1.82) is 0 Å². The Balaban J connectivity index is 1.74. The van der Waals surface area contributed by atoms with Gasteiger partial charge in [-0.2, -0.15) is 0 Å². The van der Waals surface area contributed by atoms with Gasteiger partial charge in [0.2, 0.25) is 0 Å². The SMILES string of the molecule is COC(=O)/C=C/c1ccc2c3c(n(CCCNC(=O)OC(C)(C)C)c(=O)c2c1)-c1ccccc1C3=O. The topological polar surface area (TPSA) is 104 Å². The van der Waals surface area contributed by atoms with E-state index in [1.807, 2.05) is 12.1 Å². The average Bonchev–Trinajstić information content (AvgIpc) is 3.13. The third kappa shape index (κ3) is 4.93. The summed E-state index contributed by atoms with van der Waals surface area (Å²) in [6.45, 7) is 5.94. The fraction of sp³-hybridized carbons (Fsp3) is 0.286. The number of hydrogen-bond donors (Lipinski definition) is 1. The number of methoxy groups -OCH3 is 1. The molecule has 1 aromatic heterocycles. The van der Waals surface area contributed by atoms with E-state index >= 15 is 0 Å². The van der Waals surface area contributed by atoms with Crippen LogP contribution in [0, 0.1) is 0 Å². The minimum absolute atomic E-state index is 0.135. The van der Waals surface area contributed by atoms with Gasteiger partial charge in [0, 0.05) is 41.1 Å². The van der Waals surface area contributed by atoms with E-state index in [9.17, 15) is 19.2 Å². The number of ketones is 1. The Bertz CT molecular complexity index is 1460. The van der Waals surface area contributed by atoms with Gasteiger partial charge in [0.05, 0.1) is 18.4 Å². The Labute approximate surface area is 208 Å². The highest BCUT2D eigenvalue weighted by atomic mass is 16.6. The number of carbonyl (C=O) groups is 3. The molecule has 1 heterocycles.